The van der Waals surface area contributed by atoms with Gasteiger partial charge in [0, 0.05) is 5.02 Å². The number of hydrogen-bond donors (Lipinski definition) is 1. The molecule has 1 N–H and O–H groups in total. The fourth-order valence-electron chi connectivity index (χ4n) is 1.68. The van der Waals surface area contributed by atoms with Gasteiger partial charge in [0.15, 0.2) is 5.17 Å². The van der Waals surface area contributed by atoms with Crippen LogP contribution in [-0.2, 0) is 11.3 Å². The van der Waals surface area contributed by atoms with Crippen molar-refractivity contribution in [3.05, 3.63) is 34.9 Å². The number of nitrogens with zero attached hydrogens (tertiary/aromatic N) is 1. The van der Waals surface area contributed by atoms with Crippen LogP contribution in [0.5, 0.6) is 0 Å². The highest BCUT2D eigenvalue weighted by Crippen LogP contribution is 2.26. The van der Waals surface area contributed by atoms with E-state index < -0.39 is 0 Å². The number of carbonyl (C=O) groups excluding carboxylic acids is 1. The maximum absolute atomic E-state index is 11.7. The molecule has 1 fully saturated rings. The van der Waals surface area contributed by atoms with Gasteiger partial charge < -0.3 is 5.32 Å². The lowest BCUT2D eigenvalue weighted by Crippen LogP contribution is -2.27. The van der Waals surface area contributed by atoms with Crippen LogP contribution in [0.2, 0.25) is 5.02 Å². The topological polar surface area (TPSA) is 41.5 Å². The van der Waals surface area contributed by atoms with Gasteiger partial charge in [-0.2, -0.15) is 0 Å². The van der Waals surface area contributed by atoms with Crippen LogP contribution in [0.4, 0.5) is 0 Å². The number of amidine groups is 1. The summed E-state index contributed by atoms with van der Waals surface area (Å²) in [6.07, 6.45) is 0. The minimum absolute atomic E-state index is 0.0324. The molecule has 1 amide bonds. The van der Waals surface area contributed by atoms with Crippen LogP contribution >= 0.6 is 23.4 Å². The van der Waals surface area contributed by atoms with Crippen molar-refractivity contribution in [3.63, 3.8) is 0 Å². The molecule has 0 saturated carbocycles. The van der Waals surface area contributed by atoms with Crippen molar-refractivity contribution >= 4 is 34.4 Å². The van der Waals surface area contributed by atoms with Gasteiger partial charge in [-0.25, -0.2) is 0 Å². The molecule has 1 aromatic rings. The van der Waals surface area contributed by atoms with Gasteiger partial charge in [0.2, 0.25) is 5.91 Å². The van der Waals surface area contributed by atoms with E-state index in [1.165, 1.54) is 11.8 Å². The molecule has 0 radical (unpaired) electrons. The third-order valence-electron chi connectivity index (χ3n) is 2.68. The Hall–Kier alpha value is -1.00. The first-order chi connectivity index (χ1) is 8.58. The molecule has 2 rings (SSSR count). The monoisotopic (exact) mass is 282 g/mol. The Labute approximate surface area is 116 Å². The molecule has 96 valence electrons. The molecular formula is C13H15ClN2OS. The zero-order valence-electron chi connectivity index (χ0n) is 10.3. The quantitative estimate of drug-likeness (QED) is 0.926. The molecule has 5 heteroatoms. The van der Waals surface area contributed by atoms with E-state index in [0.717, 1.165) is 5.56 Å². The number of rotatable bonds is 3. The van der Waals surface area contributed by atoms with E-state index in [2.05, 4.69) is 10.3 Å². The smallest absolute Gasteiger partial charge is 0.239 e. The van der Waals surface area contributed by atoms with Crippen LogP contribution in [0.15, 0.2) is 29.3 Å². The number of aliphatic imine (C=N–C) groups is 1. The number of benzene rings is 1. The zero-order valence-corrected chi connectivity index (χ0v) is 11.9. The van der Waals surface area contributed by atoms with E-state index in [1.807, 2.05) is 38.1 Å². The van der Waals surface area contributed by atoms with Crippen molar-refractivity contribution in [2.75, 3.05) is 0 Å². The van der Waals surface area contributed by atoms with Gasteiger partial charge >= 0.3 is 0 Å². The molecule has 0 bridgehead atoms. The lowest BCUT2D eigenvalue weighted by molar-refractivity contribution is -0.119. The van der Waals surface area contributed by atoms with E-state index in [4.69, 9.17) is 11.6 Å². The van der Waals surface area contributed by atoms with Crippen molar-refractivity contribution in [1.29, 1.82) is 0 Å². The van der Waals surface area contributed by atoms with Gasteiger partial charge in [0.05, 0.1) is 11.8 Å². The Morgan fingerprint density at radius 3 is 2.78 bits per heavy atom. The van der Waals surface area contributed by atoms with Crippen LogP contribution < -0.4 is 5.32 Å². The maximum atomic E-state index is 11.7. The molecule has 1 aliphatic rings. The van der Waals surface area contributed by atoms with Crippen molar-refractivity contribution in [3.8, 4) is 0 Å². The summed E-state index contributed by atoms with van der Waals surface area (Å²) in [5, 5.41) is 4.17. The zero-order chi connectivity index (χ0) is 13.1. The first-order valence-electron chi connectivity index (χ1n) is 5.83. The van der Waals surface area contributed by atoms with Crippen molar-refractivity contribution in [2.24, 2.45) is 10.9 Å². The molecule has 3 nitrogen and oxygen atoms in total. The standard InChI is InChI=1S/C13H15ClN2OS/c1-8(2)11-12(17)16-13(18-11)15-7-9-5-3-4-6-10(9)14/h3-6,8,11H,7H2,1-2H3,(H,15,16,17). The Balaban J connectivity index is 2.04. The first-order valence-corrected chi connectivity index (χ1v) is 7.09. The second-order valence-corrected chi connectivity index (χ2v) is 6.02. The molecule has 0 aromatic heterocycles. The predicted octanol–water partition coefficient (Wildman–Crippen LogP) is 3.08. The van der Waals surface area contributed by atoms with E-state index in [1.54, 1.807) is 0 Å². The second-order valence-electron chi connectivity index (χ2n) is 4.48. The number of nitrogens with one attached hydrogen (secondary N) is 1. The third kappa shape index (κ3) is 3.06. The fourth-order valence-corrected chi connectivity index (χ4v) is 2.85. The van der Waals surface area contributed by atoms with Gasteiger partial charge in [0.1, 0.15) is 0 Å². The molecular weight excluding hydrogens is 268 g/mol. The van der Waals surface area contributed by atoms with Crippen molar-refractivity contribution < 1.29 is 4.79 Å². The number of halogens is 1. The van der Waals surface area contributed by atoms with E-state index in [-0.39, 0.29) is 11.2 Å². The van der Waals surface area contributed by atoms with Crippen LogP contribution in [0.3, 0.4) is 0 Å². The van der Waals surface area contributed by atoms with Gasteiger partial charge in [-0.05, 0) is 17.5 Å². The van der Waals surface area contributed by atoms with Crippen LogP contribution in [0.25, 0.3) is 0 Å². The molecule has 1 saturated heterocycles. The van der Waals surface area contributed by atoms with Gasteiger partial charge in [0.25, 0.3) is 0 Å². The molecule has 1 unspecified atom stereocenters. The number of hydrogen-bond acceptors (Lipinski definition) is 3. The van der Waals surface area contributed by atoms with Crippen LogP contribution in [-0.4, -0.2) is 16.3 Å². The summed E-state index contributed by atoms with van der Waals surface area (Å²) >= 11 is 7.55. The number of amides is 1. The Bertz CT molecular complexity index is 488. The Morgan fingerprint density at radius 1 is 1.44 bits per heavy atom. The average molecular weight is 283 g/mol. The second kappa shape index (κ2) is 5.76. The minimum atomic E-state index is -0.0324. The minimum Gasteiger partial charge on any atom is -0.304 e. The highest BCUT2D eigenvalue weighted by atomic mass is 35.5. The average Bonchev–Trinajstić information content (AvgIpc) is 2.70. The molecule has 1 aromatic carbocycles. The largest absolute Gasteiger partial charge is 0.304 e. The summed E-state index contributed by atoms with van der Waals surface area (Å²) < 4.78 is 0. The Kier molecular flexibility index (Phi) is 4.30. The lowest BCUT2D eigenvalue weighted by atomic mass is 10.1. The highest BCUT2D eigenvalue weighted by molar-refractivity contribution is 8.15. The summed E-state index contributed by atoms with van der Waals surface area (Å²) in [6, 6.07) is 7.60. The summed E-state index contributed by atoms with van der Waals surface area (Å²) in [4.78, 5) is 16.1. The van der Waals surface area contributed by atoms with Gasteiger partial charge in [-0.1, -0.05) is 55.4 Å². The molecule has 1 aliphatic heterocycles. The molecule has 1 heterocycles. The predicted molar refractivity (Wildman–Crippen MR) is 77.0 cm³/mol. The van der Waals surface area contributed by atoms with Crippen molar-refractivity contribution in [2.45, 2.75) is 25.6 Å². The first kappa shape index (κ1) is 13.4. The summed E-state index contributed by atoms with van der Waals surface area (Å²) in [6.45, 7) is 4.57. The fraction of sp³-hybridized carbons (Fsp3) is 0.385. The summed E-state index contributed by atoms with van der Waals surface area (Å²) in [5.74, 6) is 0.357. The summed E-state index contributed by atoms with van der Waals surface area (Å²) in [7, 11) is 0. The maximum Gasteiger partial charge on any atom is 0.239 e. The normalized spacial score (nSPS) is 21.7. The summed E-state index contributed by atoms with van der Waals surface area (Å²) in [5.41, 5.74) is 0.967. The molecule has 0 spiro atoms. The molecule has 18 heavy (non-hydrogen) atoms. The lowest BCUT2D eigenvalue weighted by Gasteiger charge is -2.07. The molecule has 0 aliphatic carbocycles. The highest BCUT2D eigenvalue weighted by Gasteiger charge is 2.32. The van der Waals surface area contributed by atoms with Gasteiger partial charge in [-0.15, -0.1) is 0 Å². The molecule has 1 atom stereocenters. The van der Waals surface area contributed by atoms with E-state index >= 15 is 0 Å². The van der Waals surface area contributed by atoms with Gasteiger partial charge in [-0.3, -0.25) is 9.79 Å². The number of carbonyl (C=O) groups is 1. The third-order valence-corrected chi connectivity index (χ3v) is 4.52. The number of thioether (sulfide) groups is 1. The Morgan fingerprint density at radius 2 is 2.17 bits per heavy atom. The van der Waals surface area contributed by atoms with Crippen LogP contribution in [0, 0.1) is 5.92 Å². The van der Waals surface area contributed by atoms with E-state index in [0.29, 0.717) is 22.7 Å². The van der Waals surface area contributed by atoms with Crippen molar-refractivity contribution in [1.82, 2.24) is 5.32 Å². The van der Waals surface area contributed by atoms with Crippen LogP contribution in [0.1, 0.15) is 19.4 Å². The SMILES string of the molecule is CC(C)C1SC(=NCc2ccccc2Cl)NC1=O. The van der Waals surface area contributed by atoms with E-state index in [9.17, 15) is 4.79 Å².